The first kappa shape index (κ1) is 15.3. The highest BCUT2D eigenvalue weighted by atomic mass is 15.2. The van der Waals surface area contributed by atoms with Crippen LogP contribution < -0.4 is 5.73 Å². The quantitative estimate of drug-likeness (QED) is 0.848. The van der Waals surface area contributed by atoms with Crippen molar-refractivity contribution >= 4 is 0 Å². The van der Waals surface area contributed by atoms with Crippen LogP contribution in [0.5, 0.6) is 0 Å². The lowest BCUT2D eigenvalue weighted by Crippen LogP contribution is -2.53. The van der Waals surface area contributed by atoms with Crippen molar-refractivity contribution in [2.75, 3.05) is 32.7 Å². The molecule has 0 aromatic carbocycles. The smallest absolute Gasteiger partial charge is 0.0246 e. The third kappa shape index (κ3) is 3.93. The number of hydrogen-bond donors (Lipinski definition) is 1. The van der Waals surface area contributed by atoms with Crippen LogP contribution in [0.25, 0.3) is 0 Å². The van der Waals surface area contributed by atoms with E-state index < -0.39 is 0 Å². The second kappa shape index (κ2) is 7.61. The van der Waals surface area contributed by atoms with E-state index in [9.17, 15) is 0 Å². The molecule has 2 heterocycles. The third-order valence-corrected chi connectivity index (χ3v) is 5.20. The van der Waals surface area contributed by atoms with E-state index in [2.05, 4.69) is 23.6 Å². The van der Waals surface area contributed by atoms with Gasteiger partial charge in [-0.1, -0.05) is 13.8 Å². The molecular weight excluding hydrogens is 234 g/mol. The predicted molar refractivity (Wildman–Crippen MR) is 82.3 cm³/mol. The number of nitrogens with two attached hydrogens (primary N) is 1. The number of hydrogen-bond acceptors (Lipinski definition) is 3. The van der Waals surface area contributed by atoms with Gasteiger partial charge in [0.05, 0.1) is 0 Å². The molecule has 2 aliphatic heterocycles. The van der Waals surface area contributed by atoms with Crippen LogP contribution in [0.15, 0.2) is 0 Å². The van der Waals surface area contributed by atoms with E-state index in [1.165, 1.54) is 64.7 Å². The van der Waals surface area contributed by atoms with Crippen LogP contribution in [0.4, 0.5) is 0 Å². The lowest BCUT2D eigenvalue weighted by Gasteiger charge is -2.44. The summed E-state index contributed by atoms with van der Waals surface area (Å²) in [6.07, 6.45) is 8.12. The Kier molecular flexibility index (Phi) is 6.11. The van der Waals surface area contributed by atoms with E-state index in [1.54, 1.807) is 0 Å². The van der Waals surface area contributed by atoms with Crippen molar-refractivity contribution < 1.29 is 0 Å². The molecule has 0 aliphatic carbocycles. The van der Waals surface area contributed by atoms with Crippen LogP contribution >= 0.6 is 0 Å². The lowest BCUT2D eigenvalue weighted by atomic mass is 9.88. The van der Waals surface area contributed by atoms with E-state index in [-0.39, 0.29) is 0 Å². The fourth-order valence-corrected chi connectivity index (χ4v) is 4.11. The number of nitrogens with zero attached hydrogens (tertiary/aromatic N) is 2. The van der Waals surface area contributed by atoms with Gasteiger partial charge in [0, 0.05) is 18.6 Å². The Morgan fingerprint density at radius 3 is 2.58 bits per heavy atom. The molecule has 0 radical (unpaired) electrons. The molecule has 3 nitrogen and oxygen atoms in total. The summed E-state index contributed by atoms with van der Waals surface area (Å²) in [4.78, 5) is 5.43. The van der Waals surface area contributed by atoms with Crippen molar-refractivity contribution in [2.24, 2.45) is 11.7 Å². The van der Waals surface area contributed by atoms with Crippen molar-refractivity contribution in [3.63, 3.8) is 0 Å². The fraction of sp³-hybridized carbons (Fsp3) is 1.00. The second-order valence-electron chi connectivity index (χ2n) is 6.59. The summed E-state index contributed by atoms with van der Waals surface area (Å²) in [6, 6.07) is 1.43. The van der Waals surface area contributed by atoms with Gasteiger partial charge in [0.2, 0.25) is 0 Å². The highest BCUT2D eigenvalue weighted by Gasteiger charge is 2.32. The maximum absolute atomic E-state index is 6.05. The van der Waals surface area contributed by atoms with Crippen LogP contribution in [0, 0.1) is 5.92 Å². The number of likely N-dealkylation sites (tertiary alicyclic amines) is 2. The molecule has 0 amide bonds. The van der Waals surface area contributed by atoms with Crippen LogP contribution in [0.1, 0.15) is 52.4 Å². The SMILES string of the molecule is CCCN1CCCC(N2CCCC(C)C2CN)CC1. The van der Waals surface area contributed by atoms with E-state index >= 15 is 0 Å². The monoisotopic (exact) mass is 267 g/mol. The topological polar surface area (TPSA) is 32.5 Å². The molecule has 0 saturated carbocycles. The minimum atomic E-state index is 0.636. The summed E-state index contributed by atoms with van der Waals surface area (Å²) in [5, 5.41) is 0. The largest absolute Gasteiger partial charge is 0.329 e. The average Bonchev–Trinajstić information content (AvgIpc) is 2.64. The third-order valence-electron chi connectivity index (χ3n) is 5.20. The fourth-order valence-electron chi connectivity index (χ4n) is 4.11. The molecule has 3 heteroatoms. The van der Waals surface area contributed by atoms with Crippen molar-refractivity contribution in [1.29, 1.82) is 0 Å². The van der Waals surface area contributed by atoms with E-state index in [4.69, 9.17) is 5.73 Å². The minimum Gasteiger partial charge on any atom is -0.329 e. The molecule has 2 aliphatic rings. The zero-order valence-electron chi connectivity index (χ0n) is 13.0. The molecule has 2 N–H and O–H groups in total. The highest BCUT2D eigenvalue weighted by molar-refractivity contribution is 4.88. The van der Waals surface area contributed by atoms with Gasteiger partial charge in [-0.15, -0.1) is 0 Å². The zero-order chi connectivity index (χ0) is 13.7. The van der Waals surface area contributed by atoms with E-state index in [0.717, 1.165) is 18.5 Å². The minimum absolute atomic E-state index is 0.636. The first-order valence-electron chi connectivity index (χ1n) is 8.44. The maximum atomic E-state index is 6.05. The van der Waals surface area contributed by atoms with Crippen LogP contribution in [-0.4, -0.2) is 54.6 Å². The average molecular weight is 267 g/mol. The Balaban J connectivity index is 1.92. The van der Waals surface area contributed by atoms with Crippen molar-refractivity contribution in [1.82, 2.24) is 9.80 Å². The van der Waals surface area contributed by atoms with E-state index in [0.29, 0.717) is 6.04 Å². The van der Waals surface area contributed by atoms with Crippen LogP contribution in [-0.2, 0) is 0 Å². The van der Waals surface area contributed by atoms with Gasteiger partial charge in [0.1, 0.15) is 0 Å². The van der Waals surface area contributed by atoms with Crippen LogP contribution in [0.2, 0.25) is 0 Å². The van der Waals surface area contributed by atoms with Gasteiger partial charge in [0.15, 0.2) is 0 Å². The number of rotatable bonds is 4. The molecule has 2 saturated heterocycles. The second-order valence-corrected chi connectivity index (χ2v) is 6.59. The molecule has 3 atom stereocenters. The first-order chi connectivity index (χ1) is 9.26. The van der Waals surface area contributed by atoms with Crippen molar-refractivity contribution in [2.45, 2.75) is 64.5 Å². The molecule has 112 valence electrons. The predicted octanol–water partition coefficient (Wildman–Crippen LogP) is 2.31. The summed E-state index contributed by atoms with van der Waals surface area (Å²) in [5.41, 5.74) is 6.05. The van der Waals surface area contributed by atoms with Crippen molar-refractivity contribution in [3.05, 3.63) is 0 Å². The molecule has 2 rings (SSSR count). The first-order valence-corrected chi connectivity index (χ1v) is 8.44. The van der Waals surface area contributed by atoms with Gasteiger partial charge >= 0.3 is 0 Å². The number of piperidine rings is 1. The van der Waals surface area contributed by atoms with Gasteiger partial charge in [0.25, 0.3) is 0 Å². The maximum Gasteiger partial charge on any atom is 0.0246 e. The lowest BCUT2D eigenvalue weighted by molar-refractivity contribution is 0.0552. The Morgan fingerprint density at radius 1 is 1.05 bits per heavy atom. The summed E-state index contributed by atoms with van der Waals surface area (Å²) in [7, 11) is 0. The Morgan fingerprint density at radius 2 is 1.84 bits per heavy atom. The summed E-state index contributed by atoms with van der Waals surface area (Å²) >= 11 is 0. The molecule has 3 unspecified atom stereocenters. The highest BCUT2D eigenvalue weighted by Crippen LogP contribution is 2.28. The standard InChI is InChI=1S/C16H33N3/c1-3-9-18-10-5-7-15(8-12-18)19-11-4-6-14(2)16(19)13-17/h14-16H,3-13,17H2,1-2H3. The molecule has 0 aromatic heterocycles. The van der Waals surface area contributed by atoms with E-state index in [1.807, 2.05) is 0 Å². The molecule has 0 aromatic rings. The molecule has 2 fully saturated rings. The Labute approximate surface area is 119 Å². The van der Waals surface area contributed by atoms with Gasteiger partial charge < -0.3 is 10.6 Å². The van der Waals surface area contributed by atoms with Gasteiger partial charge in [-0.2, -0.15) is 0 Å². The molecular formula is C16H33N3. The normalized spacial score (nSPS) is 35.2. The Bertz CT molecular complexity index is 256. The summed E-state index contributed by atoms with van der Waals surface area (Å²) in [5.74, 6) is 0.786. The van der Waals surface area contributed by atoms with Gasteiger partial charge in [-0.3, -0.25) is 4.90 Å². The molecule has 0 bridgehead atoms. The summed E-state index contributed by atoms with van der Waals surface area (Å²) < 4.78 is 0. The van der Waals surface area contributed by atoms with Crippen LogP contribution in [0.3, 0.4) is 0 Å². The Hall–Kier alpha value is -0.120. The summed E-state index contributed by atoms with van der Waals surface area (Å²) in [6.45, 7) is 10.7. The van der Waals surface area contributed by atoms with Gasteiger partial charge in [-0.05, 0) is 70.6 Å². The molecule has 0 spiro atoms. The molecule has 19 heavy (non-hydrogen) atoms. The zero-order valence-corrected chi connectivity index (χ0v) is 13.0. The van der Waals surface area contributed by atoms with Crippen molar-refractivity contribution in [3.8, 4) is 0 Å². The van der Waals surface area contributed by atoms with Gasteiger partial charge in [-0.25, -0.2) is 0 Å².